The molecule has 0 aromatic rings. The molecule has 1 heterocycles. The second-order valence-corrected chi connectivity index (χ2v) is 6.85. The fourth-order valence-corrected chi connectivity index (χ4v) is 3.71. The molecule has 2 N–H and O–H groups in total. The normalized spacial score (nSPS) is 33.6. The van der Waals surface area contributed by atoms with Crippen molar-refractivity contribution in [3.8, 4) is 0 Å². The molecule has 2 aliphatic rings. The van der Waals surface area contributed by atoms with Crippen LogP contribution in [0.2, 0.25) is 0 Å². The van der Waals surface area contributed by atoms with Crippen molar-refractivity contribution in [3.05, 3.63) is 0 Å². The first-order valence-corrected chi connectivity index (χ1v) is 7.61. The topological polar surface area (TPSA) is 46.3 Å². The zero-order chi connectivity index (χ0) is 13.3. The summed E-state index contributed by atoms with van der Waals surface area (Å²) in [5.74, 6) is 1.77. The van der Waals surface area contributed by atoms with Crippen LogP contribution in [0.25, 0.3) is 0 Å². The minimum Gasteiger partial charge on any atom is -0.341 e. The molecule has 1 saturated carbocycles. The van der Waals surface area contributed by atoms with Crippen LogP contribution >= 0.6 is 11.6 Å². The molecular weight excluding hydrogens is 248 g/mol. The molecule has 104 valence electrons. The van der Waals surface area contributed by atoms with Crippen LogP contribution in [-0.4, -0.2) is 35.8 Å². The van der Waals surface area contributed by atoms with E-state index in [0.29, 0.717) is 11.3 Å². The van der Waals surface area contributed by atoms with Crippen LogP contribution in [0.1, 0.15) is 39.5 Å². The average molecular weight is 273 g/mol. The van der Waals surface area contributed by atoms with Gasteiger partial charge in [0.05, 0.1) is 6.04 Å². The highest BCUT2D eigenvalue weighted by Crippen LogP contribution is 2.48. The van der Waals surface area contributed by atoms with Crippen molar-refractivity contribution in [2.75, 3.05) is 19.0 Å². The Labute approximate surface area is 115 Å². The molecule has 1 amide bonds. The molecule has 2 rings (SSSR count). The van der Waals surface area contributed by atoms with Crippen molar-refractivity contribution >= 4 is 17.5 Å². The Bertz CT molecular complexity index is 321. The Morgan fingerprint density at radius 3 is 2.78 bits per heavy atom. The van der Waals surface area contributed by atoms with Gasteiger partial charge in [0.1, 0.15) is 0 Å². The van der Waals surface area contributed by atoms with E-state index in [2.05, 4.69) is 0 Å². The number of carbonyl (C=O) groups excluding carboxylic acids is 1. The highest BCUT2D eigenvalue weighted by atomic mass is 35.5. The number of likely N-dealkylation sites (tertiary alicyclic amines) is 1. The lowest BCUT2D eigenvalue weighted by atomic mass is 9.85. The Balaban J connectivity index is 1.94. The fourth-order valence-electron chi connectivity index (χ4n) is 3.45. The number of halogens is 1. The maximum absolute atomic E-state index is 12.3. The predicted octanol–water partition coefficient (Wildman–Crippen LogP) is 2.23. The van der Waals surface area contributed by atoms with E-state index in [1.54, 1.807) is 0 Å². The molecule has 2 fully saturated rings. The zero-order valence-electron chi connectivity index (χ0n) is 11.5. The standard InChI is InChI=1S/C14H25ClN2O/c1-10(2)12(16)13(18)17-6-5-14(9-17)4-3-11(7-14)8-15/h10-12H,3-9,16H2,1-2H3/t11-,12-,14-/m0/s1. The van der Waals surface area contributed by atoms with Crippen molar-refractivity contribution in [2.24, 2.45) is 23.0 Å². The first-order valence-electron chi connectivity index (χ1n) is 7.08. The summed E-state index contributed by atoms with van der Waals surface area (Å²) in [6, 6.07) is -0.342. The lowest BCUT2D eigenvalue weighted by Crippen LogP contribution is -2.46. The van der Waals surface area contributed by atoms with Crippen LogP contribution in [0.5, 0.6) is 0 Å². The average Bonchev–Trinajstić information content (AvgIpc) is 2.95. The van der Waals surface area contributed by atoms with Gasteiger partial charge in [-0.15, -0.1) is 11.6 Å². The molecule has 1 aliphatic carbocycles. The number of hydrogen-bond acceptors (Lipinski definition) is 2. The quantitative estimate of drug-likeness (QED) is 0.801. The maximum Gasteiger partial charge on any atom is 0.239 e. The van der Waals surface area contributed by atoms with Crippen LogP contribution in [0.3, 0.4) is 0 Å². The molecule has 0 bridgehead atoms. The largest absolute Gasteiger partial charge is 0.341 e. The minimum absolute atomic E-state index is 0.135. The summed E-state index contributed by atoms with van der Waals surface area (Å²) in [7, 11) is 0. The van der Waals surface area contributed by atoms with E-state index >= 15 is 0 Å². The van der Waals surface area contributed by atoms with Gasteiger partial charge < -0.3 is 10.6 Å². The predicted molar refractivity (Wildman–Crippen MR) is 74.5 cm³/mol. The SMILES string of the molecule is CC(C)[C@H](N)C(=O)N1CC[C@]2(CC[C@H](CCl)C2)C1. The van der Waals surface area contributed by atoms with Crippen LogP contribution in [0.4, 0.5) is 0 Å². The summed E-state index contributed by atoms with van der Waals surface area (Å²) in [5.41, 5.74) is 6.32. The van der Waals surface area contributed by atoms with E-state index in [9.17, 15) is 4.79 Å². The highest BCUT2D eigenvalue weighted by Gasteiger charge is 2.45. The molecule has 1 saturated heterocycles. The summed E-state index contributed by atoms with van der Waals surface area (Å²) in [6.07, 6.45) is 4.78. The van der Waals surface area contributed by atoms with Gasteiger partial charge in [-0.05, 0) is 42.9 Å². The first-order chi connectivity index (χ1) is 8.47. The third-order valence-corrected chi connectivity index (χ3v) is 5.21. The number of carbonyl (C=O) groups is 1. The summed E-state index contributed by atoms with van der Waals surface area (Å²) in [5, 5.41) is 0. The lowest BCUT2D eigenvalue weighted by Gasteiger charge is -2.26. The molecule has 1 aliphatic heterocycles. The van der Waals surface area contributed by atoms with Crippen LogP contribution in [0.15, 0.2) is 0 Å². The Morgan fingerprint density at radius 2 is 2.22 bits per heavy atom. The highest BCUT2D eigenvalue weighted by molar-refractivity contribution is 6.18. The van der Waals surface area contributed by atoms with E-state index < -0.39 is 0 Å². The molecule has 0 aromatic carbocycles. The monoisotopic (exact) mass is 272 g/mol. The van der Waals surface area contributed by atoms with Gasteiger partial charge in [-0.25, -0.2) is 0 Å². The Morgan fingerprint density at radius 1 is 1.50 bits per heavy atom. The van der Waals surface area contributed by atoms with Crippen molar-refractivity contribution in [3.63, 3.8) is 0 Å². The van der Waals surface area contributed by atoms with E-state index in [1.807, 2.05) is 18.7 Å². The van der Waals surface area contributed by atoms with E-state index in [-0.39, 0.29) is 17.9 Å². The number of amides is 1. The number of nitrogens with zero attached hydrogens (tertiary/aromatic N) is 1. The van der Waals surface area contributed by atoms with Gasteiger partial charge in [0.25, 0.3) is 0 Å². The number of alkyl halides is 1. The minimum atomic E-state index is -0.342. The van der Waals surface area contributed by atoms with Gasteiger partial charge in [-0.3, -0.25) is 4.79 Å². The molecule has 3 nitrogen and oxygen atoms in total. The van der Waals surface area contributed by atoms with Gasteiger partial charge >= 0.3 is 0 Å². The van der Waals surface area contributed by atoms with Crippen molar-refractivity contribution < 1.29 is 4.79 Å². The molecule has 3 atom stereocenters. The molecule has 4 heteroatoms. The second-order valence-electron chi connectivity index (χ2n) is 6.54. The number of nitrogens with two attached hydrogens (primary N) is 1. The first kappa shape index (κ1) is 14.1. The van der Waals surface area contributed by atoms with Crippen LogP contribution in [0, 0.1) is 17.3 Å². The summed E-state index contributed by atoms with van der Waals surface area (Å²) >= 11 is 5.96. The van der Waals surface area contributed by atoms with Crippen molar-refractivity contribution in [1.29, 1.82) is 0 Å². The Hall–Kier alpha value is -0.280. The fraction of sp³-hybridized carbons (Fsp3) is 0.929. The van der Waals surface area contributed by atoms with Gasteiger partial charge in [0.15, 0.2) is 0 Å². The van der Waals surface area contributed by atoms with Crippen LogP contribution in [-0.2, 0) is 4.79 Å². The third kappa shape index (κ3) is 2.67. The lowest BCUT2D eigenvalue weighted by molar-refractivity contribution is -0.132. The van der Waals surface area contributed by atoms with E-state index in [0.717, 1.165) is 25.4 Å². The molecule has 0 radical (unpaired) electrons. The van der Waals surface area contributed by atoms with Gasteiger partial charge in [0.2, 0.25) is 5.91 Å². The second kappa shape index (κ2) is 5.38. The zero-order valence-corrected chi connectivity index (χ0v) is 12.2. The van der Waals surface area contributed by atoms with Crippen molar-refractivity contribution in [1.82, 2.24) is 4.90 Å². The Kier molecular flexibility index (Phi) is 4.22. The molecular formula is C14H25ClN2O. The third-order valence-electron chi connectivity index (χ3n) is 4.78. The van der Waals surface area contributed by atoms with Crippen molar-refractivity contribution in [2.45, 2.75) is 45.6 Å². The smallest absolute Gasteiger partial charge is 0.239 e. The summed E-state index contributed by atoms with van der Waals surface area (Å²) in [4.78, 5) is 14.2. The maximum atomic E-state index is 12.3. The van der Waals surface area contributed by atoms with Gasteiger partial charge in [-0.1, -0.05) is 13.8 Å². The molecule has 1 spiro atoms. The van der Waals surface area contributed by atoms with Crippen LogP contribution < -0.4 is 5.73 Å². The molecule has 0 aromatic heterocycles. The molecule has 18 heavy (non-hydrogen) atoms. The van der Waals surface area contributed by atoms with Gasteiger partial charge in [-0.2, -0.15) is 0 Å². The number of rotatable bonds is 3. The number of hydrogen-bond donors (Lipinski definition) is 1. The summed E-state index contributed by atoms with van der Waals surface area (Å²) < 4.78 is 0. The van der Waals surface area contributed by atoms with E-state index in [1.165, 1.54) is 19.3 Å². The van der Waals surface area contributed by atoms with Gasteiger partial charge in [0, 0.05) is 19.0 Å². The molecule has 0 unspecified atom stereocenters. The summed E-state index contributed by atoms with van der Waals surface area (Å²) in [6.45, 7) is 5.80. The van der Waals surface area contributed by atoms with E-state index in [4.69, 9.17) is 17.3 Å².